The Morgan fingerprint density at radius 1 is 1.36 bits per heavy atom. The number of primary amides is 1. The first-order valence-corrected chi connectivity index (χ1v) is 4.23. The van der Waals surface area contributed by atoms with Crippen LogP contribution >= 0.6 is 0 Å². The van der Waals surface area contributed by atoms with Gasteiger partial charge in [-0.25, -0.2) is 0 Å². The van der Waals surface area contributed by atoms with E-state index < -0.39 is 6.04 Å². The van der Waals surface area contributed by atoms with E-state index in [2.05, 4.69) is 6.92 Å². The van der Waals surface area contributed by atoms with Crippen LogP contribution in [-0.2, 0) is 4.79 Å². The molecule has 0 radical (unpaired) electrons. The van der Waals surface area contributed by atoms with Crippen molar-refractivity contribution in [3.63, 3.8) is 0 Å². The molecule has 0 fully saturated rings. The van der Waals surface area contributed by atoms with Crippen molar-refractivity contribution in [2.75, 3.05) is 0 Å². The van der Waals surface area contributed by atoms with Crippen LogP contribution in [0.2, 0.25) is 0 Å². The van der Waals surface area contributed by atoms with Crippen molar-refractivity contribution in [2.24, 2.45) is 11.5 Å². The minimum atomic E-state index is -0.438. The Morgan fingerprint density at radius 2 is 2.00 bits per heavy atom. The summed E-state index contributed by atoms with van der Waals surface area (Å²) in [5, 5.41) is 0. The van der Waals surface area contributed by atoms with Crippen molar-refractivity contribution >= 4 is 5.91 Å². The van der Waals surface area contributed by atoms with Gasteiger partial charge in [-0.15, -0.1) is 0 Å². The first-order chi connectivity index (χ1) is 5.18. The number of amides is 1. The zero-order valence-electron chi connectivity index (χ0n) is 7.18. The molecule has 1 atom stereocenters. The van der Waals surface area contributed by atoms with E-state index >= 15 is 0 Å². The molecule has 0 bridgehead atoms. The Hall–Kier alpha value is -0.570. The van der Waals surface area contributed by atoms with Crippen LogP contribution in [0.25, 0.3) is 0 Å². The largest absolute Gasteiger partial charge is 0.368 e. The van der Waals surface area contributed by atoms with Crippen LogP contribution in [-0.4, -0.2) is 11.9 Å². The molecule has 0 aliphatic carbocycles. The molecule has 0 rings (SSSR count). The van der Waals surface area contributed by atoms with E-state index in [4.69, 9.17) is 11.5 Å². The quantitative estimate of drug-likeness (QED) is 0.560. The summed E-state index contributed by atoms with van der Waals surface area (Å²) < 4.78 is 0. The lowest BCUT2D eigenvalue weighted by Gasteiger charge is -2.05. The number of carbonyl (C=O) groups is 1. The molecule has 1 amide bonds. The van der Waals surface area contributed by atoms with Gasteiger partial charge in [0.15, 0.2) is 0 Å². The number of rotatable bonds is 6. The SMILES string of the molecule is CCCCCC[C@H](N)C(N)=O. The maximum atomic E-state index is 10.5. The number of nitrogens with two attached hydrogens (primary N) is 2. The molecule has 0 aromatic rings. The van der Waals surface area contributed by atoms with Gasteiger partial charge in [-0.1, -0.05) is 32.6 Å². The molecule has 0 aromatic carbocycles. The van der Waals surface area contributed by atoms with Crippen LogP contribution < -0.4 is 11.5 Å². The summed E-state index contributed by atoms with van der Waals surface area (Å²) in [5.41, 5.74) is 10.4. The molecule has 0 aliphatic rings. The van der Waals surface area contributed by atoms with E-state index in [9.17, 15) is 4.79 Å². The van der Waals surface area contributed by atoms with Gasteiger partial charge in [0, 0.05) is 0 Å². The lowest BCUT2D eigenvalue weighted by Crippen LogP contribution is -2.36. The van der Waals surface area contributed by atoms with Crippen molar-refractivity contribution in [1.82, 2.24) is 0 Å². The highest BCUT2D eigenvalue weighted by atomic mass is 16.1. The highest BCUT2D eigenvalue weighted by molar-refractivity contribution is 5.79. The van der Waals surface area contributed by atoms with Crippen LogP contribution in [0.1, 0.15) is 39.0 Å². The second-order valence-corrected chi connectivity index (χ2v) is 2.86. The van der Waals surface area contributed by atoms with Gasteiger partial charge in [-0.05, 0) is 6.42 Å². The minimum absolute atomic E-state index is 0.388. The molecule has 0 unspecified atom stereocenters. The first kappa shape index (κ1) is 10.4. The summed E-state index contributed by atoms with van der Waals surface area (Å²) in [6, 6.07) is -0.438. The molecular weight excluding hydrogens is 140 g/mol. The molecule has 0 aliphatic heterocycles. The molecular formula is C8H18N2O. The number of hydrogen-bond donors (Lipinski definition) is 2. The molecule has 0 aromatic heterocycles. The third-order valence-corrected chi connectivity index (χ3v) is 1.73. The number of unbranched alkanes of at least 4 members (excludes halogenated alkanes) is 3. The van der Waals surface area contributed by atoms with Gasteiger partial charge >= 0.3 is 0 Å². The molecule has 0 spiro atoms. The highest BCUT2D eigenvalue weighted by Gasteiger charge is 2.06. The summed E-state index contributed by atoms with van der Waals surface area (Å²) >= 11 is 0. The van der Waals surface area contributed by atoms with E-state index in [-0.39, 0.29) is 5.91 Å². The fourth-order valence-electron chi connectivity index (χ4n) is 0.933. The standard InChI is InChI=1S/C8H18N2O/c1-2-3-4-5-6-7(9)8(10)11/h7H,2-6,9H2,1H3,(H2,10,11)/t7-/m0/s1. The van der Waals surface area contributed by atoms with E-state index in [0.29, 0.717) is 0 Å². The average Bonchev–Trinajstić information content (AvgIpc) is 1.97. The van der Waals surface area contributed by atoms with Crippen molar-refractivity contribution in [2.45, 2.75) is 45.1 Å². The van der Waals surface area contributed by atoms with E-state index in [1.165, 1.54) is 12.8 Å². The van der Waals surface area contributed by atoms with Crippen molar-refractivity contribution in [3.05, 3.63) is 0 Å². The molecule has 0 saturated heterocycles. The van der Waals surface area contributed by atoms with Gasteiger partial charge in [0.1, 0.15) is 0 Å². The summed E-state index contributed by atoms with van der Waals surface area (Å²) in [6.45, 7) is 2.15. The lowest BCUT2D eigenvalue weighted by atomic mass is 10.1. The van der Waals surface area contributed by atoms with Gasteiger partial charge in [-0.2, -0.15) is 0 Å². The molecule has 11 heavy (non-hydrogen) atoms. The van der Waals surface area contributed by atoms with Crippen LogP contribution in [0, 0.1) is 0 Å². The predicted molar refractivity (Wildman–Crippen MR) is 45.9 cm³/mol. The lowest BCUT2D eigenvalue weighted by molar-refractivity contribution is -0.119. The van der Waals surface area contributed by atoms with Crippen molar-refractivity contribution in [1.29, 1.82) is 0 Å². The molecule has 0 saturated carbocycles. The summed E-state index contributed by atoms with van der Waals surface area (Å²) in [7, 11) is 0. The second-order valence-electron chi connectivity index (χ2n) is 2.86. The highest BCUT2D eigenvalue weighted by Crippen LogP contribution is 2.03. The van der Waals surface area contributed by atoms with E-state index in [0.717, 1.165) is 19.3 Å². The van der Waals surface area contributed by atoms with Crippen LogP contribution in [0.3, 0.4) is 0 Å². The average molecular weight is 158 g/mol. The molecule has 0 heterocycles. The zero-order chi connectivity index (χ0) is 8.69. The van der Waals surface area contributed by atoms with Crippen LogP contribution in [0.5, 0.6) is 0 Å². The Bertz CT molecular complexity index is 115. The van der Waals surface area contributed by atoms with E-state index in [1.54, 1.807) is 0 Å². The van der Waals surface area contributed by atoms with E-state index in [1.807, 2.05) is 0 Å². The third-order valence-electron chi connectivity index (χ3n) is 1.73. The maximum absolute atomic E-state index is 10.5. The fourth-order valence-corrected chi connectivity index (χ4v) is 0.933. The Morgan fingerprint density at radius 3 is 2.45 bits per heavy atom. The zero-order valence-corrected chi connectivity index (χ0v) is 7.18. The topological polar surface area (TPSA) is 69.1 Å². The fraction of sp³-hybridized carbons (Fsp3) is 0.875. The second kappa shape index (κ2) is 6.16. The summed E-state index contributed by atoms with van der Waals surface area (Å²) in [5.74, 6) is -0.388. The van der Waals surface area contributed by atoms with Crippen LogP contribution in [0.4, 0.5) is 0 Å². The van der Waals surface area contributed by atoms with Gasteiger partial charge < -0.3 is 11.5 Å². The van der Waals surface area contributed by atoms with Crippen molar-refractivity contribution in [3.8, 4) is 0 Å². The first-order valence-electron chi connectivity index (χ1n) is 4.23. The third kappa shape index (κ3) is 5.85. The minimum Gasteiger partial charge on any atom is -0.368 e. The van der Waals surface area contributed by atoms with Crippen molar-refractivity contribution < 1.29 is 4.79 Å². The number of hydrogen-bond acceptors (Lipinski definition) is 2. The van der Waals surface area contributed by atoms with Gasteiger partial charge in [0.05, 0.1) is 6.04 Å². The Labute approximate surface area is 68.1 Å². The molecule has 3 heteroatoms. The van der Waals surface area contributed by atoms with Gasteiger partial charge in [0.2, 0.25) is 5.91 Å². The Kier molecular flexibility index (Phi) is 5.84. The Balaban J connectivity index is 3.17. The van der Waals surface area contributed by atoms with Gasteiger partial charge in [0.25, 0.3) is 0 Å². The monoisotopic (exact) mass is 158 g/mol. The maximum Gasteiger partial charge on any atom is 0.234 e. The summed E-state index contributed by atoms with van der Waals surface area (Å²) in [6.07, 6.45) is 5.31. The normalized spacial score (nSPS) is 12.9. The molecule has 66 valence electrons. The smallest absolute Gasteiger partial charge is 0.234 e. The predicted octanol–water partition coefficient (Wildman–Crippen LogP) is 0.769. The summed E-state index contributed by atoms with van der Waals surface area (Å²) in [4.78, 5) is 10.5. The van der Waals surface area contributed by atoms with Gasteiger partial charge in [-0.3, -0.25) is 4.79 Å². The molecule has 3 nitrogen and oxygen atoms in total. The van der Waals surface area contributed by atoms with Crippen LogP contribution in [0.15, 0.2) is 0 Å². The molecule has 4 N–H and O–H groups in total. The number of carbonyl (C=O) groups excluding carboxylic acids is 1.